The monoisotopic (exact) mass is 472 g/mol. The number of anilines is 2. The van der Waals surface area contributed by atoms with Crippen molar-refractivity contribution in [3.8, 4) is 0 Å². The van der Waals surface area contributed by atoms with E-state index in [0.717, 1.165) is 27.6 Å². The topological polar surface area (TPSA) is 66.5 Å². The van der Waals surface area contributed by atoms with E-state index in [-0.39, 0.29) is 11.4 Å². The summed E-state index contributed by atoms with van der Waals surface area (Å²) in [6.45, 7) is 7.29. The van der Waals surface area contributed by atoms with E-state index < -0.39 is 15.9 Å². The SMILES string of the molecule is Cc1cccc(N(CC(=O)Nc2c(C)cccc2C)S(=O)(=O)c2cccc3ccccc23)c1C. The molecule has 0 fully saturated rings. The minimum atomic E-state index is -4.06. The third-order valence-electron chi connectivity index (χ3n) is 6.20. The van der Waals surface area contributed by atoms with Crippen LogP contribution in [0.5, 0.6) is 0 Å². The van der Waals surface area contributed by atoms with E-state index in [1.165, 1.54) is 4.31 Å². The van der Waals surface area contributed by atoms with Gasteiger partial charge in [-0.1, -0.05) is 66.7 Å². The first-order valence-corrected chi connectivity index (χ1v) is 12.6. The van der Waals surface area contributed by atoms with Crippen molar-refractivity contribution in [2.45, 2.75) is 32.6 Å². The average molecular weight is 473 g/mol. The Hall–Kier alpha value is -3.64. The Balaban J connectivity index is 1.82. The van der Waals surface area contributed by atoms with Gasteiger partial charge < -0.3 is 5.32 Å². The number of amides is 1. The van der Waals surface area contributed by atoms with Gasteiger partial charge in [-0.3, -0.25) is 9.10 Å². The molecular formula is C28H28N2O3S. The smallest absolute Gasteiger partial charge is 0.265 e. The number of para-hydroxylation sites is 1. The number of sulfonamides is 1. The van der Waals surface area contributed by atoms with Crippen molar-refractivity contribution in [1.82, 2.24) is 0 Å². The molecule has 1 amide bonds. The lowest BCUT2D eigenvalue weighted by Gasteiger charge is -2.27. The van der Waals surface area contributed by atoms with E-state index in [0.29, 0.717) is 16.8 Å². The molecule has 0 atom stereocenters. The van der Waals surface area contributed by atoms with Gasteiger partial charge in [0.05, 0.1) is 10.6 Å². The van der Waals surface area contributed by atoms with Crippen LogP contribution in [0.1, 0.15) is 22.3 Å². The summed E-state index contributed by atoms with van der Waals surface area (Å²) in [5, 5.41) is 4.37. The Kier molecular flexibility index (Phi) is 6.44. The summed E-state index contributed by atoms with van der Waals surface area (Å²) >= 11 is 0. The summed E-state index contributed by atoms with van der Waals surface area (Å²) < 4.78 is 29.4. The van der Waals surface area contributed by atoms with Gasteiger partial charge in [-0.2, -0.15) is 0 Å². The Morgan fingerprint density at radius 2 is 1.35 bits per heavy atom. The van der Waals surface area contributed by atoms with Gasteiger partial charge in [-0.25, -0.2) is 8.42 Å². The molecule has 4 aromatic carbocycles. The highest BCUT2D eigenvalue weighted by molar-refractivity contribution is 7.93. The fourth-order valence-electron chi connectivity index (χ4n) is 4.17. The van der Waals surface area contributed by atoms with Crippen LogP contribution in [0.4, 0.5) is 11.4 Å². The summed E-state index contributed by atoms with van der Waals surface area (Å²) in [4.78, 5) is 13.4. The molecule has 0 aliphatic heterocycles. The Bertz CT molecular complexity index is 1470. The van der Waals surface area contributed by atoms with E-state index in [4.69, 9.17) is 0 Å². The van der Waals surface area contributed by atoms with E-state index in [9.17, 15) is 13.2 Å². The van der Waals surface area contributed by atoms with Crippen LogP contribution < -0.4 is 9.62 Å². The third-order valence-corrected chi connectivity index (χ3v) is 8.01. The standard InChI is InChI=1S/C28H28N2O3S/c1-19-10-8-16-25(22(19)4)30(18-27(31)29-28-20(2)11-7-12-21(28)3)34(32,33)26-17-9-14-23-13-5-6-15-24(23)26/h5-17H,18H2,1-4H3,(H,29,31). The highest BCUT2D eigenvalue weighted by atomic mass is 32.2. The predicted octanol–water partition coefficient (Wildman–Crippen LogP) is 5.91. The van der Waals surface area contributed by atoms with E-state index in [2.05, 4.69) is 5.32 Å². The molecule has 0 unspecified atom stereocenters. The van der Waals surface area contributed by atoms with Crippen LogP contribution in [0.15, 0.2) is 83.8 Å². The fourth-order valence-corrected chi connectivity index (χ4v) is 5.86. The molecule has 4 rings (SSSR count). The second-order valence-electron chi connectivity index (χ2n) is 8.52. The summed E-state index contributed by atoms with van der Waals surface area (Å²) in [5.74, 6) is -0.401. The summed E-state index contributed by atoms with van der Waals surface area (Å²) in [6, 6.07) is 23.8. The number of nitrogens with zero attached hydrogens (tertiary/aromatic N) is 1. The van der Waals surface area contributed by atoms with Crippen molar-refractivity contribution < 1.29 is 13.2 Å². The second-order valence-corrected chi connectivity index (χ2v) is 10.4. The lowest BCUT2D eigenvalue weighted by atomic mass is 10.1. The van der Waals surface area contributed by atoms with Crippen LogP contribution in [0, 0.1) is 27.7 Å². The largest absolute Gasteiger partial charge is 0.324 e. The number of hydrogen-bond acceptors (Lipinski definition) is 3. The van der Waals surface area contributed by atoms with Crippen LogP contribution in [0.25, 0.3) is 10.8 Å². The van der Waals surface area contributed by atoms with Crippen molar-refractivity contribution in [2.75, 3.05) is 16.2 Å². The fraction of sp³-hybridized carbons (Fsp3) is 0.179. The maximum absolute atomic E-state index is 14.1. The van der Waals surface area contributed by atoms with Crippen LogP contribution >= 0.6 is 0 Å². The molecule has 6 heteroatoms. The van der Waals surface area contributed by atoms with Crippen molar-refractivity contribution >= 4 is 38.1 Å². The van der Waals surface area contributed by atoms with Crippen molar-refractivity contribution in [1.29, 1.82) is 0 Å². The highest BCUT2D eigenvalue weighted by Crippen LogP contribution is 2.32. The normalized spacial score (nSPS) is 11.4. The van der Waals surface area contributed by atoms with E-state index >= 15 is 0 Å². The number of benzene rings is 4. The molecule has 34 heavy (non-hydrogen) atoms. The van der Waals surface area contributed by atoms with Crippen LogP contribution in [0.3, 0.4) is 0 Å². The van der Waals surface area contributed by atoms with Gasteiger partial charge in [-0.15, -0.1) is 0 Å². The van der Waals surface area contributed by atoms with Gasteiger partial charge in [0.15, 0.2) is 0 Å². The molecular weight excluding hydrogens is 444 g/mol. The molecule has 0 heterocycles. The van der Waals surface area contributed by atoms with E-state index in [1.807, 2.05) is 82.3 Å². The molecule has 0 spiro atoms. The number of fused-ring (bicyclic) bond motifs is 1. The number of nitrogens with one attached hydrogen (secondary N) is 1. The van der Waals surface area contributed by atoms with Crippen LogP contribution in [-0.2, 0) is 14.8 Å². The molecule has 0 aromatic heterocycles. The Morgan fingerprint density at radius 3 is 2.09 bits per heavy atom. The summed E-state index contributed by atoms with van der Waals surface area (Å²) in [5.41, 5.74) is 4.80. The second kappa shape index (κ2) is 9.31. The quantitative estimate of drug-likeness (QED) is 0.379. The number of aryl methyl sites for hydroxylation is 3. The molecule has 0 radical (unpaired) electrons. The van der Waals surface area contributed by atoms with Gasteiger partial charge >= 0.3 is 0 Å². The predicted molar refractivity (Wildman–Crippen MR) is 139 cm³/mol. The Morgan fingerprint density at radius 1 is 0.765 bits per heavy atom. The van der Waals surface area contributed by atoms with Gasteiger partial charge in [0.2, 0.25) is 5.91 Å². The number of hydrogen-bond donors (Lipinski definition) is 1. The Labute approximate surface area is 201 Å². The summed E-state index contributed by atoms with van der Waals surface area (Å²) in [6.07, 6.45) is 0. The van der Waals surface area contributed by atoms with Gasteiger partial charge in [0, 0.05) is 11.1 Å². The first-order chi connectivity index (χ1) is 16.2. The number of carbonyl (C=O) groups is 1. The van der Waals surface area contributed by atoms with Gasteiger partial charge in [0.1, 0.15) is 6.54 Å². The molecule has 4 aromatic rings. The van der Waals surface area contributed by atoms with Gasteiger partial charge in [0.25, 0.3) is 10.0 Å². The van der Waals surface area contributed by atoms with Gasteiger partial charge in [-0.05, 0) is 67.5 Å². The highest BCUT2D eigenvalue weighted by Gasteiger charge is 2.30. The molecule has 5 nitrogen and oxygen atoms in total. The summed E-state index contributed by atoms with van der Waals surface area (Å²) in [7, 11) is -4.06. The van der Waals surface area contributed by atoms with Crippen LogP contribution in [-0.4, -0.2) is 20.9 Å². The maximum Gasteiger partial charge on any atom is 0.265 e. The van der Waals surface area contributed by atoms with Crippen molar-refractivity contribution in [3.05, 3.63) is 101 Å². The molecule has 0 aliphatic rings. The van der Waals surface area contributed by atoms with E-state index in [1.54, 1.807) is 24.3 Å². The molecule has 0 aliphatic carbocycles. The first kappa shape index (κ1) is 23.5. The lowest BCUT2D eigenvalue weighted by molar-refractivity contribution is -0.114. The average Bonchev–Trinajstić information content (AvgIpc) is 2.81. The van der Waals surface area contributed by atoms with Crippen molar-refractivity contribution in [2.24, 2.45) is 0 Å². The number of carbonyl (C=O) groups excluding carboxylic acids is 1. The first-order valence-electron chi connectivity index (χ1n) is 11.1. The minimum absolute atomic E-state index is 0.173. The zero-order valence-corrected chi connectivity index (χ0v) is 20.6. The molecule has 174 valence electrons. The third kappa shape index (κ3) is 4.41. The van der Waals surface area contributed by atoms with Crippen LogP contribution in [0.2, 0.25) is 0 Å². The minimum Gasteiger partial charge on any atom is -0.324 e. The zero-order chi connectivity index (χ0) is 24.5. The zero-order valence-electron chi connectivity index (χ0n) is 19.8. The molecule has 0 saturated heterocycles. The molecule has 1 N–H and O–H groups in total. The lowest BCUT2D eigenvalue weighted by Crippen LogP contribution is -2.39. The van der Waals surface area contributed by atoms with Crippen molar-refractivity contribution in [3.63, 3.8) is 0 Å². The maximum atomic E-state index is 14.1. The number of rotatable bonds is 6. The molecule has 0 saturated carbocycles. The molecule has 0 bridgehead atoms.